The van der Waals surface area contributed by atoms with Gasteiger partial charge in [0.05, 0.1) is 13.0 Å². The predicted molar refractivity (Wildman–Crippen MR) is 84.4 cm³/mol. The zero-order valence-electron chi connectivity index (χ0n) is 13.7. The molecule has 2 rings (SSSR count). The van der Waals surface area contributed by atoms with Crippen molar-refractivity contribution in [1.82, 2.24) is 10.2 Å². The first-order valence-electron chi connectivity index (χ1n) is 7.51. The highest BCUT2D eigenvalue weighted by Gasteiger charge is 2.35. The number of carbonyl (C=O) groups excluding carboxylic acids is 2. The van der Waals surface area contributed by atoms with Gasteiger partial charge >= 0.3 is 0 Å². The molecule has 0 spiro atoms. The molecule has 1 atom stereocenters. The summed E-state index contributed by atoms with van der Waals surface area (Å²) in [4.78, 5) is 26.0. The van der Waals surface area contributed by atoms with Gasteiger partial charge in [0.2, 0.25) is 11.8 Å². The van der Waals surface area contributed by atoms with E-state index in [2.05, 4.69) is 5.32 Å². The van der Waals surface area contributed by atoms with E-state index < -0.39 is 0 Å². The van der Waals surface area contributed by atoms with Gasteiger partial charge in [-0.1, -0.05) is 12.1 Å². The molecule has 0 bridgehead atoms. The number of amides is 2. The summed E-state index contributed by atoms with van der Waals surface area (Å²) >= 11 is 0. The van der Waals surface area contributed by atoms with Gasteiger partial charge in [0.15, 0.2) is 0 Å². The van der Waals surface area contributed by atoms with Crippen molar-refractivity contribution < 1.29 is 14.3 Å². The van der Waals surface area contributed by atoms with Crippen LogP contribution in [0.3, 0.4) is 0 Å². The van der Waals surface area contributed by atoms with Crippen LogP contribution >= 0.6 is 0 Å². The summed E-state index contributed by atoms with van der Waals surface area (Å²) < 4.78 is 5.12. The second-order valence-corrected chi connectivity index (χ2v) is 6.76. The first-order chi connectivity index (χ1) is 10.3. The summed E-state index contributed by atoms with van der Waals surface area (Å²) in [5.74, 6) is 0.520. The lowest BCUT2D eigenvalue weighted by molar-refractivity contribution is -0.129. The molecular weight excluding hydrogens is 280 g/mol. The summed E-state index contributed by atoms with van der Waals surface area (Å²) in [5.41, 5.74) is 0.759. The van der Waals surface area contributed by atoms with E-state index in [-0.39, 0.29) is 29.7 Å². The van der Waals surface area contributed by atoms with E-state index in [9.17, 15) is 9.59 Å². The number of hydrogen-bond acceptors (Lipinski definition) is 3. The van der Waals surface area contributed by atoms with Gasteiger partial charge < -0.3 is 15.0 Å². The SMILES string of the molecule is COc1ccc(CN2C[C@H](C(=O)NC(C)(C)C)CC2=O)cc1. The molecule has 0 aromatic heterocycles. The number of rotatable bonds is 4. The highest BCUT2D eigenvalue weighted by molar-refractivity contribution is 5.89. The van der Waals surface area contributed by atoms with Crippen molar-refractivity contribution in [2.24, 2.45) is 5.92 Å². The molecule has 120 valence electrons. The fourth-order valence-corrected chi connectivity index (χ4v) is 2.52. The molecule has 1 aliphatic rings. The van der Waals surface area contributed by atoms with Crippen molar-refractivity contribution >= 4 is 11.8 Å². The average Bonchev–Trinajstić information content (AvgIpc) is 2.79. The zero-order chi connectivity index (χ0) is 16.3. The number of carbonyl (C=O) groups is 2. The quantitative estimate of drug-likeness (QED) is 0.925. The van der Waals surface area contributed by atoms with Crippen molar-refractivity contribution in [1.29, 1.82) is 0 Å². The third-order valence-electron chi connectivity index (χ3n) is 3.62. The lowest BCUT2D eigenvalue weighted by Gasteiger charge is -2.23. The molecule has 0 radical (unpaired) electrons. The van der Waals surface area contributed by atoms with Crippen LogP contribution < -0.4 is 10.1 Å². The van der Waals surface area contributed by atoms with Gasteiger partial charge in [-0.2, -0.15) is 0 Å². The van der Waals surface area contributed by atoms with Crippen molar-refractivity contribution in [3.63, 3.8) is 0 Å². The zero-order valence-corrected chi connectivity index (χ0v) is 13.7. The van der Waals surface area contributed by atoms with Crippen LogP contribution in [0.5, 0.6) is 5.75 Å². The Morgan fingerprint density at radius 3 is 2.50 bits per heavy atom. The third-order valence-corrected chi connectivity index (χ3v) is 3.62. The van der Waals surface area contributed by atoms with E-state index in [0.717, 1.165) is 11.3 Å². The van der Waals surface area contributed by atoms with Gasteiger partial charge in [-0.05, 0) is 38.5 Å². The van der Waals surface area contributed by atoms with Gasteiger partial charge in [0.1, 0.15) is 5.75 Å². The molecule has 1 fully saturated rings. The summed E-state index contributed by atoms with van der Waals surface area (Å²) in [6.07, 6.45) is 0.290. The first kappa shape index (κ1) is 16.3. The molecule has 22 heavy (non-hydrogen) atoms. The maximum atomic E-state index is 12.2. The molecule has 1 aliphatic heterocycles. The van der Waals surface area contributed by atoms with Crippen LogP contribution in [0, 0.1) is 5.92 Å². The Bertz CT molecular complexity index is 546. The number of likely N-dealkylation sites (tertiary alicyclic amines) is 1. The fraction of sp³-hybridized carbons (Fsp3) is 0.529. The molecule has 1 aromatic rings. The summed E-state index contributed by atoms with van der Waals surface area (Å²) in [6, 6.07) is 7.63. The molecule has 1 aromatic carbocycles. The van der Waals surface area contributed by atoms with E-state index in [0.29, 0.717) is 13.1 Å². The summed E-state index contributed by atoms with van der Waals surface area (Å²) in [6.45, 7) is 6.83. The second kappa shape index (κ2) is 6.38. The Labute approximate surface area is 131 Å². The van der Waals surface area contributed by atoms with Crippen LogP contribution in [0.25, 0.3) is 0 Å². The van der Waals surface area contributed by atoms with Gasteiger partial charge in [0, 0.05) is 25.0 Å². The van der Waals surface area contributed by atoms with E-state index in [1.54, 1.807) is 12.0 Å². The molecule has 1 saturated heterocycles. The third kappa shape index (κ3) is 4.23. The van der Waals surface area contributed by atoms with Crippen LogP contribution in [-0.4, -0.2) is 35.9 Å². The van der Waals surface area contributed by atoms with Crippen molar-refractivity contribution in [2.45, 2.75) is 39.3 Å². The van der Waals surface area contributed by atoms with Gasteiger partial charge in [-0.25, -0.2) is 0 Å². The van der Waals surface area contributed by atoms with Gasteiger partial charge in [-0.15, -0.1) is 0 Å². The number of hydrogen-bond donors (Lipinski definition) is 1. The Hall–Kier alpha value is -2.04. The molecule has 1 heterocycles. The summed E-state index contributed by atoms with van der Waals surface area (Å²) in [7, 11) is 1.62. The van der Waals surface area contributed by atoms with E-state index in [4.69, 9.17) is 4.74 Å². The largest absolute Gasteiger partial charge is 0.497 e. The van der Waals surface area contributed by atoms with Crippen LogP contribution in [-0.2, 0) is 16.1 Å². The molecule has 2 amide bonds. The van der Waals surface area contributed by atoms with Crippen LogP contribution in [0.1, 0.15) is 32.8 Å². The van der Waals surface area contributed by atoms with Crippen LogP contribution in [0.4, 0.5) is 0 Å². The molecule has 0 saturated carbocycles. The van der Waals surface area contributed by atoms with Crippen LogP contribution in [0.15, 0.2) is 24.3 Å². The first-order valence-corrected chi connectivity index (χ1v) is 7.51. The molecule has 5 heteroatoms. The highest BCUT2D eigenvalue weighted by Crippen LogP contribution is 2.22. The van der Waals surface area contributed by atoms with E-state index in [1.807, 2.05) is 45.0 Å². The van der Waals surface area contributed by atoms with E-state index >= 15 is 0 Å². The number of ether oxygens (including phenoxy) is 1. The number of nitrogens with one attached hydrogen (secondary N) is 1. The predicted octanol–water partition coefficient (Wildman–Crippen LogP) is 1.96. The molecule has 5 nitrogen and oxygen atoms in total. The molecule has 0 aliphatic carbocycles. The molecule has 0 unspecified atom stereocenters. The molecular formula is C17H24N2O3. The van der Waals surface area contributed by atoms with E-state index in [1.165, 1.54) is 0 Å². The Morgan fingerprint density at radius 2 is 1.95 bits per heavy atom. The maximum absolute atomic E-state index is 12.2. The molecule has 1 N–H and O–H groups in total. The standard InChI is InChI=1S/C17H24N2O3/c1-17(2,3)18-16(21)13-9-15(20)19(11-13)10-12-5-7-14(22-4)8-6-12/h5-8,13H,9-11H2,1-4H3,(H,18,21)/t13-/m1/s1. The monoisotopic (exact) mass is 304 g/mol. The number of methoxy groups -OCH3 is 1. The van der Waals surface area contributed by atoms with Crippen molar-refractivity contribution in [3.8, 4) is 5.75 Å². The normalized spacial score (nSPS) is 18.5. The minimum atomic E-state index is -0.274. The van der Waals surface area contributed by atoms with Crippen LogP contribution in [0.2, 0.25) is 0 Å². The Kier molecular flexibility index (Phi) is 4.74. The maximum Gasteiger partial charge on any atom is 0.225 e. The van der Waals surface area contributed by atoms with Gasteiger partial charge in [-0.3, -0.25) is 9.59 Å². The van der Waals surface area contributed by atoms with Crippen molar-refractivity contribution in [3.05, 3.63) is 29.8 Å². The fourth-order valence-electron chi connectivity index (χ4n) is 2.52. The van der Waals surface area contributed by atoms with Gasteiger partial charge in [0.25, 0.3) is 0 Å². The number of benzene rings is 1. The lowest BCUT2D eigenvalue weighted by atomic mass is 10.0. The smallest absolute Gasteiger partial charge is 0.225 e. The summed E-state index contributed by atoms with van der Waals surface area (Å²) in [5, 5.41) is 2.95. The number of nitrogens with zero attached hydrogens (tertiary/aromatic N) is 1. The topological polar surface area (TPSA) is 58.6 Å². The second-order valence-electron chi connectivity index (χ2n) is 6.76. The minimum absolute atomic E-state index is 0.0323. The van der Waals surface area contributed by atoms with Crippen molar-refractivity contribution in [2.75, 3.05) is 13.7 Å². The lowest BCUT2D eigenvalue weighted by Crippen LogP contribution is -2.44. The highest BCUT2D eigenvalue weighted by atomic mass is 16.5. The Balaban J connectivity index is 1.95. The average molecular weight is 304 g/mol. The Morgan fingerprint density at radius 1 is 1.32 bits per heavy atom. The minimum Gasteiger partial charge on any atom is -0.497 e.